The SMILES string of the molecule is CCOC(=O)Cc1cc(CCl)c(C(F)F)nc1I. The van der Waals surface area contributed by atoms with Crippen LogP contribution in [0.2, 0.25) is 0 Å². The summed E-state index contributed by atoms with van der Waals surface area (Å²) in [6.45, 7) is 1.98. The Morgan fingerprint density at radius 2 is 2.22 bits per heavy atom. The molecular weight excluding hydrogens is 378 g/mol. The van der Waals surface area contributed by atoms with Crippen molar-refractivity contribution in [3.63, 3.8) is 0 Å². The maximum Gasteiger partial charge on any atom is 0.310 e. The molecule has 0 N–H and O–H groups in total. The summed E-state index contributed by atoms with van der Waals surface area (Å²) in [5.41, 5.74) is 0.461. The number of nitrogens with zero attached hydrogens (tertiary/aromatic N) is 1. The van der Waals surface area contributed by atoms with Gasteiger partial charge in [0, 0.05) is 5.88 Å². The normalized spacial score (nSPS) is 10.8. The Hall–Kier alpha value is -0.500. The van der Waals surface area contributed by atoms with E-state index >= 15 is 0 Å². The van der Waals surface area contributed by atoms with Gasteiger partial charge in [0.1, 0.15) is 9.39 Å². The quantitative estimate of drug-likeness (QED) is 0.335. The molecule has 1 aromatic heterocycles. The Balaban J connectivity index is 3.04. The first-order chi connectivity index (χ1) is 8.49. The Morgan fingerprint density at radius 3 is 2.72 bits per heavy atom. The van der Waals surface area contributed by atoms with Crippen LogP contribution in [0.5, 0.6) is 0 Å². The molecule has 7 heteroatoms. The smallest absolute Gasteiger partial charge is 0.310 e. The van der Waals surface area contributed by atoms with Crippen molar-refractivity contribution in [3.05, 3.63) is 26.6 Å². The summed E-state index contributed by atoms with van der Waals surface area (Å²) in [5.74, 6) is -0.484. The van der Waals surface area contributed by atoms with E-state index in [0.717, 1.165) is 0 Å². The van der Waals surface area contributed by atoms with E-state index in [4.69, 9.17) is 16.3 Å². The van der Waals surface area contributed by atoms with Crippen molar-refractivity contribution in [3.8, 4) is 0 Å². The fraction of sp³-hybridized carbons (Fsp3) is 0.455. The zero-order chi connectivity index (χ0) is 13.7. The summed E-state index contributed by atoms with van der Waals surface area (Å²) < 4.78 is 30.6. The number of carbonyl (C=O) groups is 1. The van der Waals surface area contributed by atoms with Crippen LogP contribution in [0.1, 0.15) is 30.2 Å². The second-order valence-corrected chi connectivity index (χ2v) is 4.69. The minimum absolute atomic E-state index is 0.00647. The molecule has 0 aliphatic carbocycles. The summed E-state index contributed by atoms with van der Waals surface area (Å²) in [4.78, 5) is 15.1. The standard InChI is InChI=1S/C11H11ClF2INO2/c1-2-18-8(17)4-6-3-7(5-12)9(10(13)14)16-11(6)15/h3,10H,2,4-5H2,1H3. The molecule has 1 heterocycles. The molecule has 0 fully saturated rings. The van der Waals surface area contributed by atoms with Gasteiger partial charge in [0.05, 0.1) is 13.0 Å². The maximum atomic E-state index is 12.7. The van der Waals surface area contributed by atoms with Crippen LogP contribution in [-0.2, 0) is 21.8 Å². The van der Waals surface area contributed by atoms with Gasteiger partial charge in [0.15, 0.2) is 0 Å². The van der Waals surface area contributed by atoms with Gasteiger partial charge in [-0.2, -0.15) is 0 Å². The van der Waals surface area contributed by atoms with Crippen molar-refractivity contribution in [2.75, 3.05) is 6.61 Å². The lowest BCUT2D eigenvalue weighted by molar-refractivity contribution is -0.142. The molecule has 0 aliphatic heterocycles. The highest BCUT2D eigenvalue weighted by atomic mass is 127. The van der Waals surface area contributed by atoms with E-state index < -0.39 is 12.4 Å². The molecule has 0 spiro atoms. The third-order valence-electron chi connectivity index (χ3n) is 2.15. The van der Waals surface area contributed by atoms with E-state index in [1.807, 2.05) is 22.6 Å². The average molecular weight is 390 g/mol. The van der Waals surface area contributed by atoms with Crippen LogP contribution in [0.4, 0.5) is 8.78 Å². The number of rotatable bonds is 5. The van der Waals surface area contributed by atoms with Gasteiger partial charge in [-0.05, 0) is 46.7 Å². The highest BCUT2D eigenvalue weighted by Gasteiger charge is 2.18. The molecule has 0 aliphatic rings. The van der Waals surface area contributed by atoms with Crippen LogP contribution in [0, 0.1) is 3.70 Å². The van der Waals surface area contributed by atoms with Crippen LogP contribution < -0.4 is 0 Å². The minimum Gasteiger partial charge on any atom is -0.466 e. The Kier molecular flexibility index (Phi) is 6.20. The molecule has 3 nitrogen and oxygen atoms in total. The zero-order valence-corrected chi connectivity index (χ0v) is 12.5. The van der Waals surface area contributed by atoms with Crippen LogP contribution in [-0.4, -0.2) is 17.6 Å². The number of hydrogen-bond donors (Lipinski definition) is 0. The van der Waals surface area contributed by atoms with Gasteiger partial charge in [-0.1, -0.05) is 0 Å². The van der Waals surface area contributed by atoms with E-state index in [1.54, 1.807) is 6.92 Å². The molecule has 0 atom stereocenters. The number of carbonyl (C=O) groups excluding carboxylic acids is 1. The zero-order valence-electron chi connectivity index (χ0n) is 9.55. The number of aromatic nitrogens is 1. The predicted octanol–water partition coefficient (Wildman–Crippen LogP) is 3.47. The van der Waals surface area contributed by atoms with Crippen LogP contribution in [0.3, 0.4) is 0 Å². The van der Waals surface area contributed by atoms with Gasteiger partial charge in [0.2, 0.25) is 0 Å². The molecule has 18 heavy (non-hydrogen) atoms. The first-order valence-electron chi connectivity index (χ1n) is 5.17. The van der Waals surface area contributed by atoms with E-state index in [9.17, 15) is 13.6 Å². The van der Waals surface area contributed by atoms with Gasteiger partial charge >= 0.3 is 5.97 Å². The third-order valence-corrected chi connectivity index (χ3v) is 3.37. The molecule has 1 rings (SSSR count). The summed E-state index contributed by atoms with van der Waals surface area (Å²) >= 11 is 7.43. The third kappa shape index (κ3) is 4.01. The molecule has 0 aromatic carbocycles. The summed E-state index contributed by atoms with van der Waals surface area (Å²) in [7, 11) is 0. The fourth-order valence-electron chi connectivity index (χ4n) is 1.38. The van der Waals surface area contributed by atoms with Gasteiger partial charge < -0.3 is 4.74 Å². The number of pyridine rings is 1. The van der Waals surface area contributed by atoms with Gasteiger partial charge in [-0.15, -0.1) is 11.6 Å². The minimum atomic E-state index is -2.68. The highest BCUT2D eigenvalue weighted by molar-refractivity contribution is 14.1. The van der Waals surface area contributed by atoms with Crippen LogP contribution in [0.15, 0.2) is 6.07 Å². The highest BCUT2D eigenvalue weighted by Crippen LogP contribution is 2.25. The summed E-state index contributed by atoms with van der Waals surface area (Å²) in [5, 5.41) is 0. The number of alkyl halides is 3. The molecule has 1 aromatic rings. The molecule has 100 valence electrons. The van der Waals surface area contributed by atoms with E-state index in [1.165, 1.54) is 6.07 Å². The summed E-state index contributed by atoms with van der Waals surface area (Å²) in [6.07, 6.45) is -2.67. The topological polar surface area (TPSA) is 39.2 Å². The van der Waals surface area contributed by atoms with Gasteiger partial charge in [-0.3, -0.25) is 4.79 Å². The lowest BCUT2D eigenvalue weighted by Gasteiger charge is -2.10. The monoisotopic (exact) mass is 389 g/mol. The van der Waals surface area contributed by atoms with E-state index in [2.05, 4.69) is 4.98 Å². The van der Waals surface area contributed by atoms with Crippen molar-refractivity contribution in [1.82, 2.24) is 4.98 Å². The molecule has 0 radical (unpaired) electrons. The maximum absolute atomic E-state index is 12.7. The van der Waals surface area contributed by atoms with Crippen LogP contribution in [0.25, 0.3) is 0 Å². The molecule has 0 unspecified atom stereocenters. The van der Waals surface area contributed by atoms with Crippen LogP contribution >= 0.6 is 34.2 Å². The lowest BCUT2D eigenvalue weighted by Crippen LogP contribution is -2.11. The molecule has 0 bridgehead atoms. The lowest BCUT2D eigenvalue weighted by atomic mass is 10.1. The van der Waals surface area contributed by atoms with Crippen molar-refractivity contribution in [2.45, 2.75) is 25.7 Å². The first kappa shape index (κ1) is 15.6. The van der Waals surface area contributed by atoms with Gasteiger partial charge in [0.25, 0.3) is 6.43 Å². The average Bonchev–Trinajstić information content (AvgIpc) is 2.31. The number of hydrogen-bond acceptors (Lipinski definition) is 3. The second-order valence-electron chi connectivity index (χ2n) is 3.40. The Morgan fingerprint density at radius 1 is 1.56 bits per heavy atom. The van der Waals surface area contributed by atoms with E-state index in [0.29, 0.717) is 9.26 Å². The number of esters is 1. The Bertz CT molecular complexity index is 443. The number of ether oxygens (including phenoxy) is 1. The Labute approximate surface area is 122 Å². The molecule has 0 saturated carbocycles. The van der Waals surface area contributed by atoms with E-state index in [-0.39, 0.29) is 30.2 Å². The number of halogens is 4. The molecular formula is C11H11ClF2INO2. The van der Waals surface area contributed by atoms with Gasteiger partial charge in [-0.25, -0.2) is 13.8 Å². The van der Waals surface area contributed by atoms with Crippen molar-refractivity contribution < 1.29 is 18.3 Å². The van der Waals surface area contributed by atoms with Crippen molar-refractivity contribution >= 4 is 40.2 Å². The van der Waals surface area contributed by atoms with Crippen molar-refractivity contribution in [2.24, 2.45) is 0 Å². The predicted molar refractivity (Wildman–Crippen MR) is 71.8 cm³/mol. The first-order valence-corrected chi connectivity index (χ1v) is 6.78. The van der Waals surface area contributed by atoms with Crippen molar-refractivity contribution in [1.29, 1.82) is 0 Å². The fourth-order valence-corrected chi connectivity index (χ4v) is 2.20. The molecule has 0 amide bonds. The summed E-state index contributed by atoms with van der Waals surface area (Å²) in [6, 6.07) is 1.49. The second kappa shape index (κ2) is 7.18. The largest absolute Gasteiger partial charge is 0.466 e. The molecule has 0 saturated heterocycles.